The molecule has 0 amide bonds. The van der Waals surface area contributed by atoms with E-state index in [2.05, 4.69) is 55.4 Å². The number of hydrogen-bond acceptors (Lipinski definition) is 18. The van der Waals surface area contributed by atoms with E-state index in [1.165, 1.54) is 319 Å². The van der Waals surface area contributed by atoms with Gasteiger partial charge in [-0.1, -0.05) is 47.0 Å². The predicted octanol–water partition coefficient (Wildman–Crippen LogP) is 24.5. The lowest BCUT2D eigenvalue weighted by Gasteiger charge is -2.32. The third-order valence-electron chi connectivity index (χ3n) is 32.3. The molecule has 38 rings (SSSR count). The van der Waals surface area contributed by atoms with Crippen molar-refractivity contribution in [2.45, 2.75) is 31.1 Å². The molecule has 10 nitrogen and oxygen atoms in total. The standard InChI is InChI=1S/C98H38O10S8/c1-7-103-26(99)19-27(100)107-15-13-105-20-9-11-22-24(17-20)28(88-113-90(109-3)91(110-4)114-88)23-12-10-21(18-25(23)29(22)89-115-92(111-5)93(112-6)116-89)106-14-16-108-95(102)98(94(101)104-8-2)96-84-76-68-58-48-40-32-30-31-34-38-36(32)44-52-46(38)56-50-42(34)43-35(31)39-37-33(30)41(40)49-55-45(37)53-47(39)57-51(43)61-60(50)70-64(56)74-66(52)72(62(68)54(44)48)80(84)82(74)86-78(70)79-71(61)65(57)75-67(53)73-63(55)69(59(49)58)77(76)85(96)81(73)83(75)87(79)97(86,96)98/h9-12,17-18H,7-8,13-16,19H2,1-6H3. The summed E-state index contributed by atoms with van der Waals surface area (Å²) in [7, 11) is 0. The molecule has 0 bridgehead atoms. The monoisotopic (exact) mass is 1630 g/mol. The Labute approximate surface area is 679 Å². The van der Waals surface area contributed by atoms with Crippen molar-refractivity contribution in [2.24, 2.45) is 5.41 Å². The van der Waals surface area contributed by atoms with Crippen molar-refractivity contribution in [3.8, 4) is 11.5 Å². The van der Waals surface area contributed by atoms with Gasteiger partial charge in [0.2, 0.25) is 0 Å². The summed E-state index contributed by atoms with van der Waals surface area (Å²) in [4.78, 5) is 60.5. The van der Waals surface area contributed by atoms with Crippen LogP contribution in [0.5, 0.6) is 11.5 Å². The second kappa shape index (κ2) is 16.5. The van der Waals surface area contributed by atoms with E-state index in [1.54, 1.807) is 112 Å². The molecular formula is C98H38O10S8. The molecule has 1 fully saturated rings. The molecule has 31 aromatic carbocycles. The fourth-order valence-corrected chi connectivity index (χ4v) is 40.9. The molecule has 116 heavy (non-hydrogen) atoms. The maximum absolute atomic E-state index is 18.1. The molecule has 1 saturated carbocycles. The highest BCUT2D eigenvalue weighted by atomic mass is 32.3. The van der Waals surface area contributed by atoms with Crippen LogP contribution in [0.4, 0.5) is 0 Å². The van der Waals surface area contributed by atoms with Gasteiger partial charge in [0, 0.05) is 10.4 Å². The van der Waals surface area contributed by atoms with Crippen molar-refractivity contribution >= 4 is 439 Å². The van der Waals surface area contributed by atoms with Crippen molar-refractivity contribution in [1.29, 1.82) is 0 Å². The molecule has 18 heteroatoms. The van der Waals surface area contributed by atoms with Crippen LogP contribution in [0.15, 0.2) is 53.3 Å². The first-order chi connectivity index (χ1) is 57.1. The summed E-state index contributed by atoms with van der Waals surface area (Å²) in [5.41, 5.74) is 0.489. The first-order valence-electron chi connectivity index (χ1n) is 40.0. The van der Waals surface area contributed by atoms with Crippen LogP contribution < -0.4 is 19.9 Å². The lowest BCUT2D eigenvalue weighted by Crippen LogP contribution is -2.39. The van der Waals surface area contributed by atoms with E-state index >= 15 is 9.59 Å². The molecule has 7 aliphatic rings. The van der Waals surface area contributed by atoms with E-state index in [4.69, 9.17) is 28.4 Å². The molecule has 0 aromatic heterocycles. The van der Waals surface area contributed by atoms with Crippen molar-refractivity contribution in [2.75, 3.05) is 64.7 Å². The number of carbonyl (C=O) groups is 4. The lowest BCUT2D eigenvalue weighted by molar-refractivity contribution is -0.167. The minimum Gasteiger partial charge on any atom is -0.490 e. The molecule has 0 unspecified atom stereocenters. The van der Waals surface area contributed by atoms with Crippen molar-refractivity contribution in [3.05, 3.63) is 86.0 Å². The van der Waals surface area contributed by atoms with Gasteiger partial charge in [0.15, 0.2) is 5.41 Å². The largest absolute Gasteiger partial charge is 0.490 e. The van der Waals surface area contributed by atoms with Crippen LogP contribution in [0.3, 0.4) is 0 Å². The van der Waals surface area contributed by atoms with Crippen LogP contribution in [0, 0.1) is 5.41 Å². The average Bonchev–Trinajstić information content (AvgIpc) is 1.35. The van der Waals surface area contributed by atoms with Gasteiger partial charge in [-0.05, 0) is 410 Å². The van der Waals surface area contributed by atoms with E-state index in [9.17, 15) is 9.59 Å². The highest BCUT2D eigenvalue weighted by molar-refractivity contribution is 8.46. The second-order valence-corrected chi connectivity index (χ2v) is 43.8. The zero-order chi connectivity index (χ0) is 74.5. The van der Waals surface area contributed by atoms with Crippen LogP contribution in [0.2, 0.25) is 0 Å². The number of rotatable bonds is 18. The third kappa shape index (κ3) is 4.48. The maximum atomic E-state index is 18.1. The van der Waals surface area contributed by atoms with Gasteiger partial charge in [0.05, 0.1) is 49.5 Å². The minimum absolute atomic E-state index is 0.0256. The summed E-state index contributed by atoms with van der Waals surface area (Å²) >= 11 is 14.3. The number of ether oxygens (including phenoxy) is 6. The van der Waals surface area contributed by atoms with Gasteiger partial charge in [0.1, 0.15) is 44.3 Å². The summed E-state index contributed by atoms with van der Waals surface area (Å²) in [6, 6.07) is 12.7. The topological polar surface area (TPSA) is 124 Å². The lowest BCUT2D eigenvalue weighted by atomic mass is 9.68. The normalized spacial score (nSPS) is 20.7. The Bertz CT molecular complexity index is 9520. The van der Waals surface area contributed by atoms with E-state index in [0.29, 0.717) is 11.5 Å². The van der Waals surface area contributed by atoms with Gasteiger partial charge in [-0.25, -0.2) is 0 Å². The van der Waals surface area contributed by atoms with Gasteiger partial charge in [0.25, 0.3) is 0 Å². The number of fused-ring (bicyclic) bond motifs is 2. The minimum atomic E-state index is -1.89. The van der Waals surface area contributed by atoms with E-state index < -0.39 is 46.5 Å². The molecule has 538 valence electrons. The number of hydrogen-bond donors (Lipinski definition) is 0. The van der Waals surface area contributed by atoms with Gasteiger partial charge >= 0.3 is 23.9 Å². The molecule has 2 aliphatic heterocycles. The molecule has 5 aliphatic carbocycles. The molecule has 0 atom stereocenters. The zero-order valence-corrected chi connectivity index (χ0v) is 67.8. The number of thioether (sulfide) groups is 8. The maximum Gasteiger partial charge on any atom is 0.326 e. The third-order valence-corrected chi connectivity index (χ3v) is 42.8. The smallest absolute Gasteiger partial charge is 0.326 e. The molecular weight excluding hydrogens is 1590 g/mol. The SMILES string of the molecule is CCOC(=O)CC(=O)OCCOc1ccc2c(=C3SC(SC)=C(SC)S3)c3cc(OCCOC(=O)C4(C(=O)OCC)C56c7c8c9c%10c%11c%12c(c%13c%14c5c5c7c7c%15c8c8c9c9c%11c%11c%16c%12c%12c%13c%13c%14c%14c5c5c7c7c%15c%15c8c8c9c%11c9c%11c%16c%12c%12c%13c%13c%14c5c5c7c7c%15c8c9c8c%11c%12c%13c5c78)C%1046)ccc3c(=C3SC(SC)=C(SC)S3)c2c1. The molecule has 2 heterocycles. The quantitative estimate of drug-likeness (QED) is 0.0202. The summed E-state index contributed by atoms with van der Waals surface area (Å²) in [6.07, 6.45) is 8.12. The fraction of sp³-hybridized carbons (Fsp3) is 0.163. The van der Waals surface area contributed by atoms with Crippen LogP contribution in [0.1, 0.15) is 42.5 Å². The second-order valence-electron chi connectivity index (χ2n) is 34.9. The first kappa shape index (κ1) is 58.1. The molecule has 0 N–H and O–H groups in total. The fourth-order valence-electron chi connectivity index (χ4n) is 30.7. The van der Waals surface area contributed by atoms with E-state index in [-0.39, 0.29) is 39.6 Å². The Morgan fingerprint density at radius 3 is 0.767 bits per heavy atom. The van der Waals surface area contributed by atoms with Crippen molar-refractivity contribution < 1.29 is 47.6 Å². The Hall–Kier alpha value is -9.86. The van der Waals surface area contributed by atoms with E-state index in [1.807, 2.05) is 13.0 Å². The Morgan fingerprint density at radius 2 is 0.517 bits per heavy atom. The van der Waals surface area contributed by atoms with E-state index in [0.717, 1.165) is 40.5 Å². The van der Waals surface area contributed by atoms with Gasteiger partial charge < -0.3 is 28.4 Å². The molecule has 0 saturated heterocycles. The number of esters is 4. The molecule has 31 aromatic rings. The van der Waals surface area contributed by atoms with Crippen LogP contribution >= 0.6 is 94.1 Å². The molecule has 0 radical (unpaired) electrons. The zero-order valence-electron chi connectivity index (χ0n) is 61.3. The van der Waals surface area contributed by atoms with Gasteiger partial charge in [-0.15, -0.1) is 47.0 Å². The predicted molar refractivity (Wildman–Crippen MR) is 493 cm³/mol. The van der Waals surface area contributed by atoms with Crippen molar-refractivity contribution in [1.82, 2.24) is 0 Å². The summed E-state index contributed by atoms with van der Waals surface area (Å²) < 4.78 is 45.6. The van der Waals surface area contributed by atoms with Crippen LogP contribution in [-0.4, -0.2) is 88.5 Å². The number of benzene rings is 21. The first-order valence-corrected chi connectivity index (χ1v) is 48.1. The van der Waals surface area contributed by atoms with Crippen LogP contribution in [-0.2, 0) is 49.0 Å². The Morgan fingerprint density at radius 1 is 0.284 bits per heavy atom. The summed E-state index contributed by atoms with van der Waals surface area (Å²) in [5.74, 6) is -1.01. The number of carbonyl (C=O) groups excluding carboxylic acids is 4. The van der Waals surface area contributed by atoms with Gasteiger partial charge in [-0.2, -0.15) is 0 Å². The Balaban J connectivity index is 0.595. The Kier molecular flexibility index (Phi) is 8.24. The summed E-state index contributed by atoms with van der Waals surface area (Å²) in [6.45, 7) is 3.88. The van der Waals surface area contributed by atoms with Crippen LogP contribution in [0.25, 0.3) is 321 Å². The summed E-state index contributed by atoms with van der Waals surface area (Å²) in [5, 5.41) is 84.0. The average molecular weight is 1630 g/mol. The van der Waals surface area contributed by atoms with Crippen molar-refractivity contribution in [3.63, 3.8) is 0 Å². The molecule has 2 spiro atoms. The highest BCUT2D eigenvalue weighted by Gasteiger charge is 3.01. The van der Waals surface area contributed by atoms with Gasteiger partial charge in [-0.3, -0.25) is 19.2 Å². The highest BCUT2D eigenvalue weighted by Crippen LogP contribution is 2.97.